The number of hydrogen-bond acceptors (Lipinski definition) is 5. The highest BCUT2D eigenvalue weighted by Gasteiger charge is 2.27. The summed E-state index contributed by atoms with van der Waals surface area (Å²) < 4.78 is 1.64. The van der Waals surface area contributed by atoms with Crippen molar-refractivity contribution in [1.29, 1.82) is 0 Å². The fourth-order valence-corrected chi connectivity index (χ4v) is 4.58. The van der Waals surface area contributed by atoms with E-state index in [-0.39, 0.29) is 11.8 Å². The van der Waals surface area contributed by atoms with E-state index in [0.717, 1.165) is 35.4 Å². The van der Waals surface area contributed by atoms with Crippen molar-refractivity contribution >= 4 is 22.8 Å². The van der Waals surface area contributed by atoms with E-state index in [1.807, 2.05) is 24.3 Å². The fourth-order valence-electron chi connectivity index (χ4n) is 4.58. The zero-order valence-electron chi connectivity index (χ0n) is 17.9. The van der Waals surface area contributed by atoms with Gasteiger partial charge in [0.25, 0.3) is 0 Å². The lowest BCUT2D eigenvalue weighted by molar-refractivity contribution is 0.229. The minimum absolute atomic E-state index is 0.00707. The van der Waals surface area contributed by atoms with Crippen molar-refractivity contribution < 1.29 is 9.90 Å². The van der Waals surface area contributed by atoms with Crippen molar-refractivity contribution in [2.45, 2.75) is 13.1 Å². The lowest BCUT2D eigenvalue weighted by Crippen LogP contribution is -2.29. The molecule has 4 heterocycles. The Morgan fingerprint density at radius 1 is 1.03 bits per heavy atom. The second kappa shape index (κ2) is 6.83. The SMILES string of the molecule is CN1CCN(c2ccc(-c3nn(C)c(-c4nc5cc6c(cc5[nH]4)CNC6)c3O)cc2)C1=O. The number of H-pyrrole nitrogens is 1. The van der Waals surface area contributed by atoms with Crippen LogP contribution in [0.5, 0.6) is 5.75 Å². The third-order valence-electron chi connectivity index (χ3n) is 6.35. The Balaban J connectivity index is 1.35. The minimum atomic E-state index is -0.00707. The van der Waals surface area contributed by atoms with Crippen LogP contribution < -0.4 is 10.2 Å². The number of imidazole rings is 1. The Bertz CT molecular complexity index is 1330. The third kappa shape index (κ3) is 2.78. The maximum Gasteiger partial charge on any atom is 0.324 e. The number of likely N-dealkylation sites (N-methyl/N-ethyl adjacent to an activating group) is 1. The molecule has 0 bridgehead atoms. The van der Waals surface area contributed by atoms with Crippen LogP contribution in [0, 0.1) is 0 Å². The van der Waals surface area contributed by atoms with E-state index in [0.29, 0.717) is 30.3 Å². The maximum absolute atomic E-state index is 12.2. The van der Waals surface area contributed by atoms with Gasteiger partial charge in [0.05, 0.1) is 11.0 Å². The zero-order chi connectivity index (χ0) is 22.0. The van der Waals surface area contributed by atoms with Gasteiger partial charge in [-0.15, -0.1) is 0 Å². The molecule has 0 saturated carbocycles. The van der Waals surface area contributed by atoms with Crippen LogP contribution in [0.4, 0.5) is 10.5 Å². The summed E-state index contributed by atoms with van der Waals surface area (Å²) in [5.74, 6) is 0.656. The first kappa shape index (κ1) is 18.9. The Kier molecular flexibility index (Phi) is 4.03. The van der Waals surface area contributed by atoms with E-state index in [9.17, 15) is 9.90 Å². The summed E-state index contributed by atoms with van der Waals surface area (Å²) in [6.07, 6.45) is 0. The molecule has 0 spiro atoms. The number of aromatic nitrogens is 4. The average molecular weight is 429 g/mol. The number of rotatable bonds is 3. The Labute approximate surface area is 184 Å². The molecule has 0 unspecified atom stereocenters. The van der Waals surface area contributed by atoms with E-state index in [2.05, 4.69) is 27.5 Å². The zero-order valence-corrected chi connectivity index (χ0v) is 17.9. The Hall–Kier alpha value is -3.85. The molecular weight excluding hydrogens is 406 g/mol. The number of anilines is 1. The highest BCUT2D eigenvalue weighted by molar-refractivity contribution is 5.94. The van der Waals surface area contributed by atoms with E-state index in [4.69, 9.17) is 4.98 Å². The summed E-state index contributed by atoms with van der Waals surface area (Å²) in [7, 11) is 3.59. The molecule has 3 N–H and O–H groups in total. The lowest BCUT2D eigenvalue weighted by atomic mass is 10.1. The quantitative estimate of drug-likeness (QED) is 0.465. The molecule has 9 heteroatoms. The Morgan fingerprint density at radius 2 is 1.78 bits per heavy atom. The summed E-state index contributed by atoms with van der Waals surface area (Å²) in [6, 6.07) is 11.7. The number of fused-ring (bicyclic) bond motifs is 2. The van der Waals surface area contributed by atoms with E-state index < -0.39 is 0 Å². The smallest absolute Gasteiger partial charge is 0.324 e. The van der Waals surface area contributed by atoms with Crippen LogP contribution in [0.1, 0.15) is 11.1 Å². The molecule has 1 saturated heterocycles. The number of nitrogens with zero attached hydrogens (tertiary/aromatic N) is 5. The van der Waals surface area contributed by atoms with E-state index >= 15 is 0 Å². The molecule has 2 aliphatic rings. The first-order valence-corrected chi connectivity index (χ1v) is 10.6. The fraction of sp³-hybridized carbons (Fsp3) is 0.261. The van der Waals surface area contributed by atoms with E-state index in [1.165, 1.54) is 11.1 Å². The van der Waals surface area contributed by atoms with Crippen LogP contribution in [0.2, 0.25) is 0 Å². The van der Waals surface area contributed by atoms with Gasteiger partial charge in [-0.3, -0.25) is 9.58 Å². The maximum atomic E-state index is 12.2. The van der Waals surface area contributed by atoms with Crippen LogP contribution >= 0.6 is 0 Å². The largest absolute Gasteiger partial charge is 0.504 e. The molecule has 0 aliphatic carbocycles. The first-order chi connectivity index (χ1) is 15.5. The first-order valence-electron chi connectivity index (χ1n) is 10.6. The standard InChI is InChI=1S/C23H23N7O2/c1-28-7-8-30(23(28)32)16-5-3-13(4-6-16)19-21(31)20(29(2)27-19)22-25-17-9-14-11-24-12-15(14)10-18(17)26-22/h3-6,9-10,24,31H,7-8,11-12H2,1-2H3,(H,25,26). The van der Waals surface area contributed by atoms with Gasteiger partial charge in [0.15, 0.2) is 11.6 Å². The molecule has 2 aliphatic heterocycles. The molecular formula is C23H23N7O2. The summed E-state index contributed by atoms with van der Waals surface area (Å²) in [6.45, 7) is 3.08. The van der Waals surface area contributed by atoms with Gasteiger partial charge >= 0.3 is 6.03 Å². The molecule has 6 rings (SSSR count). The number of urea groups is 1. The van der Waals surface area contributed by atoms with Gasteiger partial charge in [0, 0.05) is 51.5 Å². The van der Waals surface area contributed by atoms with Crippen molar-refractivity contribution in [2.24, 2.45) is 7.05 Å². The van der Waals surface area contributed by atoms with Crippen molar-refractivity contribution in [3.63, 3.8) is 0 Å². The lowest BCUT2D eigenvalue weighted by Gasteiger charge is -2.16. The monoisotopic (exact) mass is 429 g/mol. The van der Waals surface area contributed by atoms with Crippen LogP contribution in [0.3, 0.4) is 0 Å². The van der Waals surface area contributed by atoms with Gasteiger partial charge in [0.2, 0.25) is 0 Å². The number of carbonyl (C=O) groups excluding carboxylic acids is 1. The van der Waals surface area contributed by atoms with Crippen LogP contribution in [-0.4, -0.2) is 55.9 Å². The summed E-state index contributed by atoms with van der Waals surface area (Å²) in [4.78, 5) is 23.7. The van der Waals surface area contributed by atoms with E-state index in [1.54, 1.807) is 28.6 Å². The number of aromatic hydroxyl groups is 1. The topological polar surface area (TPSA) is 102 Å². The number of aromatic amines is 1. The van der Waals surface area contributed by atoms with Crippen LogP contribution in [0.25, 0.3) is 33.8 Å². The van der Waals surface area contributed by atoms with Crippen molar-refractivity contribution in [3.8, 4) is 28.5 Å². The highest BCUT2D eigenvalue weighted by atomic mass is 16.3. The molecule has 4 aromatic rings. The second-order valence-electron chi connectivity index (χ2n) is 8.40. The third-order valence-corrected chi connectivity index (χ3v) is 6.35. The minimum Gasteiger partial charge on any atom is -0.504 e. The van der Waals surface area contributed by atoms with Crippen molar-refractivity contribution in [2.75, 3.05) is 25.0 Å². The van der Waals surface area contributed by atoms with Gasteiger partial charge in [-0.2, -0.15) is 5.10 Å². The highest BCUT2D eigenvalue weighted by Crippen LogP contribution is 2.38. The number of amides is 2. The van der Waals surface area contributed by atoms with Gasteiger partial charge in [-0.25, -0.2) is 9.78 Å². The summed E-state index contributed by atoms with van der Waals surface area (Å²) >= 11 is 0. The van der Waals surface area contributed by atoms with Crippen LogP contribution in [-0.2, 0) is 20.1 Å². The number of hydrogen-bond donors (Lipinski definition) is 3. The second-order valence-corrected chi connectivity index (χ2v) is 8.40. The molecule has 9 nitrogen and oxygen atoms in total. The van der Waals surface area contributed by atoms with Crippen molar-refractivity contribution in [1.82, 2.24) is 30.0 Å². The summed E-state index contributed by atoms with van der Waals surface area (Å²) in [5.41, 5.74) is 6.95. The molecule has 2 aromatic carbocycles. The predicted octanol–water partition coefficient (Wildman–Crippen LogP) is 2.81. The number of benzene rings is 2. The molecule has 1 fully saturated rings. The predicted molar refractivity (Wildman–Crippen MR) is 121 cm³/mol. The molecule has 0 atom stereocenters. The number of nitrogens with one attached hydrogen (secondary N) is 2. The van der Waals surface area contributed by atoms with Gasteiger partial charge in [0.1, 0.15) is 11.4 Å². The summed E-state index contributed by atoms with van der Waals surface area (Å²) in [5, 5.41) is 18.9. The number of carbonyl (C=O) groups is 1. The van der Waals surface area contributed by atoms with Crippen molar-refractivity contribution in [3.05, 3.63) is 47.5 Å². The van der Waals surface area contributed by atoms with Gasteiger partial charge in [-0.05, 0) is 35.4 Å². The number of aryl methyl sites for hydroxylation is 1. The molecule has 32 heavy (non-hydrogen) atoms. The molecule has 0 radical (unpaired) electrons. The average Bonchev–Trinajstić information content (AvgIpc) is 3.54. The molecule has 162 valence electrons. The van der Waals surface area contributed by atoms with Gasteiger partial charge in [-0.1, -0.05) is 12.1 Å². The Morgan fingerprint density at radius 3 is 2.50 bits per heavy atom. The molecule has 2 aromatic heterocycles. The normalized spacial score (nSPS) is 15.9. The molecule has 2 amide bonds. The van der Waals surface area contributed by atoms with Crippen LogP contribution in [0.15, 0.2) is 36.4 Å². The van der Waals surface area contributed by atoms with Gasteiger partial charge < -0.3 is 20.3 Å².